The molecule has 1 aliphatic heterocycles. The maximum absolute atomic E-state index is 3.46. The molecule has 0 saturated carbocycles. The van der Waals surface area contributed by atoms with Crippen LogP contribution in [0.5, 0.6) is 0 Å². The van der Waals surface area contributed by atoms with Crippen LogP contribution in [0, 0.1) is 5.92 Å². The minimum absolute atomic E-state index is 0.537. The van der Waals surface area contributed by atoms with Gasteiger partial charge in [-0.25, -0.2) is 0 Å². The SMILES string of the molecule is CCC(C)[C@H](c1ccc2cc[nH]c2c1)N1CCNCC1. The highest BCUT2D eigenvalue weighted by molar-refractivity contribution is 5.80. The third-order valence-electron chi connectivity index (χ3n) is 4.65. The van der Waals surface area contributed by atoms with Crippen molar-refractivity contribution in [1.29, 1.82) is 0 Å². The van der Waals surface area contributed by atoms with E-state index in [2.05, 4.69) is 53.3 Å². The van der Waals surface area contributed by atoms with E-state index in [9.17, 15) is 0 Å². The molecule has 2 heterocycles. The first-order valence-electron chi connectivity index (χ1n) is 7.81. The highest BCUT2D eigenvalue weighted by atomic mass is 15.2. The van der Waals surface area contributed by atoms with Crippen LogP contribution in [0.15, 0.2) is 30.5 Å². The smallest absolute Gasteiger partial charge is 0.0457 e. The Balaban J connectivity index is 1.94. The van der Waals surface area contributed by atoms with Gasteiger partial charge in [0.2, 0.25) is 0 Å². The standard InChI is InChI=1S/C17H25N3/c1-3-13(2)17(20-10-8-18-9-11-20)15-5-4-14-6-7-19-16(14)12-15/h4-7,12-13,17-19H,3,8-11H2,1-2H3/t13?,17-/m1/s1. The molecule has 1 saturated heterocycles. The number of piperazine rings is 1. The van der Waals surface area contributed by atoms with Crippen LogP contribution in [-0.4, -0.2) is 36.1 Å². The zero-order valence-electron chi connectivity index (χ0n) is 12.5. The molecule has 3 rings (SSSR count). The summed E-state index contributed by atoms with van der Waals surface area (Å²) in [6, 6.07) is 9.58. The molecular weight excluding hydrogens is 246 g/mol. The van der Waals surface area contributed by atoms with Gasteiger partial charge in [-0.1, -0.05) is 32.4 Å². The fourth-order valence-corrected chi connectivity index (χ4v) is 3.33. The topological polar surface area (TPSA) is 31.1 Å². The van der Waals surface area contributed by atoms with Crippen molar-refractivity contribution in [3.8, 4) is 0 Å². The van der Waals surface area contributed by atoms with Crippen LogP contribution in [0.1, 0.15) is 31.9 Å². The van der Waals surface area contributed by atoms with Gasteiger partial charge in [0.25, 0.3) is 0 Å². The Labute approximate surface area is 121 Å². The molecule has 0 bridgehead atoms. The van der Waals surface area contributed by atoms with Crippen molar-refractivity contribution in [3.05, 3.63) is 36.0 Å². The summed E-state index contributed by atoms with van der Waals surface area (Å²) in [6.45, 7) is 9.20. The second-order valence-electron chi connectivity index (χ2n) is 5.94. The molecule has 1 fully saturated rings. The number of nitrogens with one attached hydrogen (secondary N) is 2. The molecule has 108 valence electrons. The number of aromatic nitrogens is 1. The summed E-state index contributed by atoms with van der Waals surface area (Å²) in [4.78, 5) is 5.99. The van der Waals surface area contributed by atoms with E-state index in [1.807, 2.05) is 6.20 Å². The molecule has 1 aliphatic rings. The zero-order valence-corrected chi connectivity index (χ0v) is 12.5. The van der Waals surface area contributed by atoms with Gasteiger partial charge in [-0.2, -0.15) is 0 Å². The molecule has 0 spiro atoms. The quantitative estimate of drug-likeness (QED) is 0.895. The average Bonchev–Trinajstić information content (AvgIpc) is 2.96. The lowest BCUT2D eigenvalue weighted by Gasteiger charge is -2.38. The van der Waals surface area contributed by atoms with Crippen LogP contribution in [0.25, 0.3) is 10.9 Å². The van der Waals surface area contributed by atoms with Crippen molar-refractivity contribution < 1.29 is 0 Å². The second kappa shape index (κ2) is 5.98. The number of hydrogen-bond acceptors (Lipinski definition) is 2. The van der Waals surface area contributed by atoms with Crippen molar-refractivity contribution in [2.24, 2.45) is 5.92 Å². The Bertz CT molecular complexity index is 554. The average molecular weight is 271 g/mol. The molecule has 3 nitrogen and oxygen atoms in total. The van der Waals surface area contributed by atoms with E-state index in [1.54, 1.807) is 0 Å². The van der Waals surface area contributed by atoms with E-state index in [0.717, 1.165) is 26.2 Å². The molecule has 1 unspecified atom stereocenters. The predicted molar refractivity (Wildman–Crippen MR) is 84.9 cm³/mol. The van der Waals surface area contributed by atoms with Gasteiger partial charge >= 0.3 is 0 Å². The van der Waals surface area contributed by atoms with E-state index < -0.39 is 0 Å². The minimum Gasteiger partial charge on any atom is -0.361 e. The summed E-state index contributed by atoms with van der Waals surface area (Å²) in [6.07, 6.45) is 3.24. The Hall–Kier alpha value is -1.32. The first-order valence-corrected chi connectivity index (χ1v) is 7.81. The fraction of sp³-hybridized carbons (Fsp3) is 0.529. The molecule has 0 radical (unpaired) electrons. The molecule has 1 aromatic heterocycles. The number of H-pyrrole nitrogens is 1. The number of aromatic amines is 1. The van der Waals surface area contributed by atoms with Gasteiger partial charge in [0.05, 0.1) is 0 Å². The molecule has 2 atom stereocenters. The second-order valence-corrected chi connectivity index (χ2v) is 5.94. The van der Waals surface area contributed by atoms with Crippen molar-refractivity contribution >= 4 is 10.9 Å². The Morgan fingerprint density at radius 2 is 2.00 bits per heavy atom. The highest BCUT2D eigenvalue weighted by Gasteiger charge is 2.26. The molecule has 2 aromatic rings. The number of benzene rings is 1. The number of rotatable bonds is 4. The number of hydrogen-bond donors (Lipinski definition) is 2. The van der Waals surface area contributed by atoms with Crippen molar-refractivity contribution in [2.75, 3.05) is 26.2 Å². The Kier molecular flexibility index (Phi) is 4.08. The molecule has 2 N–H and O–H groups in total. The largest absolute Gasteiger partial charge is 0.361 e. The van der Waals surface area contributed by atoms with Gasteiger partial charge in [0.15, 0.2) is 0 Å². The van der Waals surface area contributed by atoms with E-state index in [1.165, 1.54) is 22.9 Å². The van der Waals surface area contributed by atoms with Crippen LogP contribution in [0.4, 0.5) is 0 Å². The van der Waals surface area contributed by atoms with Crippen LogP contribution in [0.3, 0.4) is 0 Å². The minimum atomic E-state index is 0.537. The maximum Gasteiger partial charge on any atom is 0.0457 e. The van der Waals surface area contributed by atoms with E-state index in [-0.39, 0.29) is 0 Å². The summed E-state index contributed by atoms with van der Waals surface area (Å²) < 4.78 is 0. The first-order chi connectivity index (χ1) is 9.79. The lowest BCUT2D eigenvalue weighted by Crippen LogP contribution is -2.46. The Morgan fingerprint density at radius 1 is 1.20 bits per heavy atom. The third-order valence-corrected chi connectivity index (χ3v) is 4.65. The number of fused-ring (bicyclic) bond motifs is 1. The van der Waals surface area contributed by atoms with E-state index in [4.69, 9.17) is 0 Å². The number of nitrogens with zero attached hydrogens (tertiary/aromatic N) is 1. The van der Waals surface area contributed by atoms with Crippen LogP contribution < -0.4 is 5.32 Å². The molecule has 0 amide bonds. The summed E-state index contributed by atoms with van der Waals surface area (Å²) >= 11 is 0. The lowest BCUT2D eigenvalue weighted by molar-refractivity contribution is 0.128. The van der Waals surface area contributed by atoms with Crippen LogP contribution in [-0.2, 0) is 0 Å². The summed E-state index contributed by atoms with van der Waals surface area (Å²) in [5.41, 5.74) is 2.71. The van der Waals surface area contributed by atoms with Gasteiger partial charge < -0.3 is 10.3 Å². The van der Waals surface area contributed by atoms with Crippen molar-refractivity contribution in [2.45, 2.75) is 26.3 Å². The third kappa shape index (κ3) is 2.60. The summed E-state index contributed by atoms with van der Waals surface area (Å²) in [5.74, 6) is 0.681. The predicted octanol–water partition coefficient (Wildman–Crippen LogP) is 3.16. The van der Waals surface area contributed by atoms with Crippen LogP contribution >= 0.6 is 0 Å². The van der Waals surface area contributed by atoms with Gasteiger partial charge in [-0.3, -0.25) is 4.90 Å². The normalized spacial score (nSPS) is 20.1. The molecular formula is C17H25N3. The van der Waals surface area contributed by atoms with Gasteiger partial charge in [-0.05, 0) is 29.0 Å². The van der Waals surface area contributed by atoms with Crippen molar-refractivity contribution in [1.82, 2.24) is 15.2 Å². The van der Waals surface area contributed by atoms with Gasteiger partial charge in [-0.15, -0.1) is 0 Å². The van der Waals surface area contributed by atoms with Gasteiger partial charge in [0.1, 0.15) is 0 Å². The summed E-state index contributed by atoms with van der Waals surface area (Å²) in [7, 11) is 0. The van der Waals surface area contributed by atoms with E-state index in [0.29, 0.717) is 12.0 Å². The van der Waals surface area contributed by atoms with Crippen molar-refractivity contribution in [3.63, 3.8) is 0 Å². The fourth-order valence-electron chi connectivity index (χ4n) is 3.33. The Morgan fingerprint density at radius 3 is 2.75 bits per heavy atom. The monoisotopic (exact) mass is 271 g/mol. The first kappa shape index (κ1) is 13.7. The van der Waals surface area contributed by atoms with Gasteiger partial charge in [0, 0.05) is 43.9 Å². The molecule has 3 heteroatoms. The van der Waals surface area contributed by atoms with Crippen LogP contribution in [0.2, 0.25) is 0 Å². The molecule has 20 heavy (non-hydrogen) atoms. The molecule has 0 aliphatic carbocycles. The highest BCUT2D eigenvalue weighted by Crippen LogP contribution is 2.32. The zero-order chi connectivity index (χ0) is 13.9. The van der Waals surface area contributed by atoms with E-state index >= 15 is 0 Å². The lowest BCUT2D eigenvalue weighted by atomic mass is 9.90. The molecule has 1 aromatic carbocycles. The maximum atomic E-state index is 3.46. The summed E-state index contributed by atoms with van der Waals surface area (Å²) in [5, 5.41) is 4.76.